The van der Waals surface area contributed by atoms with Gasteiger partial charge in [-0.1, -0.05) is 52.9 Å². The molecule has 0 bridgehead atoms. The van der Waals surface area contributed by atoms with Crippen LogP contribution in [-0.4, -0.2) is 58.1 Å². The van der Waals surface area contributed by atoms with Crippen LogP contribution in [0.15, 0.2) is 0 Å². The molecule has 0 aromatic heterocycles. The highest BCUT2D eigenvalue weighted by Gasteiger charge is 2.48. The van der Waals surface area contributed by atoms with Crippen LogP contribution in [0.25, 0.3) is 0 Å². The minimum absolute atomic E-state index is 0.0298. The highest BCUT2D eigenvalue weighted by Crippen LogP contribution is 2.43. The predicted molar refractivity (Wildman–Crippen MR) is 157 cm³/mol. The summed E-state index contributed by atoms with van der Waals surface area (Å²) in [5, 5.41) is 0.130. The summed E-state index contributed by atoms with van der Waals surface area (Å²) in [6.07, 6.45) is 11.4. The molecule has 39 heavy (non-hydrogen) atoms. The van der Waals surface area contributed by atoms with E-state index in [4.69, 9.17) is 23.4 Å². The molecule has 1 aliphatic carbocycles. The monoisotopic (exact) mass is 570 g/mol. The fourth-order valence-electron chi connectivity index (χ4n) is 5.48. The molecule has 1 heterocycles. The zero-order chi connectivity index (χ0) is 29.1. The lowest BCUT2D eigenvalue weighted by Gasteiger charge is -2.39. The van der Waals surface area contributed by atoms with Gasteiger partial charge < -0.3 is 23.4 Å². The normalized spacial score (nSPS) is 26.1. The number of hydrogen-bond acceptors (Lipinski definition) is 7. The smallest absolute Gasteiger partial charge is 0.306 e. The molecule has 2 fully saturated rings. The summed E-state index contributed by atoms with van der Waals surface area (Å²) in [5.74, 6) is 0.0859. The number of rotatable bonds is 16. The van der Waals surface area contributed by atoms with Crippen LogP contribution in [0.5, 0.6) is 0 Å². The van der Waals surface area contributed by atoms with Gasteiger partial charge in [0, 0.05) is 44.8 Å². The summed E-state index contributed by atoms with van der Waals surface area (Å²) < 4.78 is 30.3. The number of hydrogen-bond donors (Lipinski definition) is 0. The van der Waals surface area contributed by atoms with Gasteiger partial charge in [-0.3, -0.25) is 9.59 Å². The molecule has 1 saturated heterocycles. The van der Waals surface area contributed by atoms with Crippen LogP contribution in [0.3, 0.4) is 0 Å². The largest absolute Gasteiger partial charge is 0.463 e. The van der Waals surface area contributed by atoms with Crippen LogP contribution in [0, 0.1) is 11.8 Å². The minimum atomic E-state index is -1.94. The van der Waals surface area contributed by atoms with Crippen molar-refractivity contribution in [2.45, 2.75) is 161 Å². The summed E-state index contributed by atoms with van der Waals surface area (Å²) in [4.78, 5) is 23.7. The van der Waals surface area contributed by atoms with Crippen molar-refractivity contribution in [2.24, 2.45) is 11.8 Å². The third-order valence-electron chi connectivity index (χ3n) is 8.73. The first-order valence-electron chi connectivity index (χ1n) is 15.6. The molecule has 8 heteroatoms. The highest BCUT2D eigenvalue weighted by molar-refractivity contribution is 6.74. The molecule has 1 saturated carbocycles. The zero-order valence-electron chi connectivity index (χ0n) is 26.2. The van der Waals surface area contributed by atoms with E-state index in [2.05, 4.69) is 33.9 Å². The molecule has 7 nitrogen and oxygen atoms in total. The van der Waals surface area contributed by atoms with Gasteiger partial charge in [0.25, 0.3) is 0 Å². The van der Waals surface area contributed by atoms with Crippen LogP contribution >= 0.6 is 0 Å². The van der Waals surface area contributed by atoms with Crippen molar-refractivity contribution in [1.29, 1.82) is 0 Å². The first-order chi connectivity index (χ1) is 18.3. The van der Waals surface area contributed by atoms with Gasteiger partial charge in [-0.25, -0.2) is 0 Å². The van der Waals surface area contributed by atoms with Gasteiger partial charge in [0.15, 0.2) is 14.6 Å². The van der Waals surface area contributed by atoms with E-state index in [1.54, 1.807) is 0 Å². The van der Waals surface area contributed by atoms with Crippen LogP contribution in [0.1, 0.15) is 119 Å². The van der Waals surface area contributed by atoms with E-state index in [1.165, 1.54) is 6.92 Å². The van der Waals surface area contributed by atoms with Crippen molar-refractivity contribution < 1.29 is 33.0 Å². The Labute approximate surface area is 239 Å². The molecule has 0 radical (unpaired) electrons. The number of ether oxygens (including phenoxy) is 4. The number of carbonyl (C=O) groups is 2. The van der Waals surface area contributed by atoms with E-state index in [0.717, 1.165) is 70.8 Å². The molecule has 0 amide bonds. The minimum Gasteiger partial charge on any atom is -0.463 e. The quantitative estimate of drug-likeness (QED) is 0.108. The number of esters is 2. The molecule has 2 aliphatic rings. The van der Waals surface area contributed by atoms with Gasteiger partial charge in [0.05, 0.1) is 12.2 Å². The fraction of sp³-hybridized carbons (Fsp3) is 0.935. The molecule has 1 aliphatic heterocycles. The highest BCUT2D eigenvalue weighted by atomic mass is 28.4. The summed E-state index contributed by atoms with van der Waals surface area (Å²) in [7, 11) is -1.94. The second kappa shape index (κ2) is 16.5. The maximum Gasteiger partial charge on any atom is 0.306 e. The van der Waals surface area contributed by atoms with Crippen molar-refractivity contribution >= 4 is 20.3 Å². The Morgan fingerprint density at radius 2 is 1.62 bits per heavy atom. The molecule has 0 aromatic carbocycles. The Balaban J connectivity index is 1.95. The molecule has 2 unspecified atom stereocenters. The Kier molecular flexibility index (Phi) is 14.5. The Bertz CT molecular complexity index is 727. The van der Waals surface area contributed by atoms with Crippen molar-refractivity contribution in [3.8, 4) is 0 Å². The lowest BCUT2D eigenvalue weighted by Crippen LogP contribution is -2.44. The van der Waals surface area contributed by atoms with Crippen molar-refractivity contribution in [1.82, 2.24) is 0 Å². The van der Waals surface area contributed by atoms with Gasteiger partial charge in [-0.05, 0) is 64.1 Å². The third kappa shape index (κ3) is 12.2. The summed E-state index contributed by atoms with van der Waals surface area (Å²) >= 11 is 0. The second-order valence-corrected chi connectivity index (χ2v) is 18.3. The van der Waals surface area contributed by atoms with Crippen LogP contribution in [0.4, 0.5) is 0 Å². The number of unbranched alkanes of at least 4 members (excludes halogenated alkanes) is 5. The van der Waals surface area contributed by atoms with Crippen LogP contribution in [-0.2, 0) is 33.0 Å². The number of carbonyl (C=O) groups excluding carboxylic acids is 2. The molecular weight excluding hydrogens is 512 g/mol. The SMILES string of the molecule is CC(=O)O[C@@H]1C[C@@H](OC2CCCCO2)[C@@H](CO[Si](C)(C)C(C)(C)C)C1CCCCCCCCC(=O)OC(C)C. The second-order valence-electron chi connectivity index (χ2n) is 13.5. The average Bonchev–Trinajstić information content (AvgIpc) is 3.13. The third-order valence-corrected chi connectivity index (χ3v) is 13.2. The molecule has 5 atom stereocenters. The molecule has 0 spiro atoms. The zero-order valence-corrected chi connectivity index (χ0v) is 27.2. The fourth-order valence-corrected chi connectivity index (χ4v) is 6.52. The van der Waals surface area contributed by atoms with Gasteiger partial charge in [-0.2, -0.15) is 0 Å². The molecular formula is C31H58O7Si. The predicted octanol–water partition coefficient (Wildman–Crippen LogP) is 7.56. The standard InChI is InChI=1S/C31H58O7Si/c1-23(2)36-29(33)18-14-12-10-9-11-13-17-25-26(22-35-39(7,8)31(4,5)6)28(21-27(25)37-24(3)32)38-30-19-15-16-20-34-30/h23,25-28,30H,9-22H2,1-8H3/t25?,26-,27+,28+,30?/m0/s1. The van der Waals surface area contributed by atoms with Crippen LogP contribution < -0.4 is 0 Å². The maximum absolute atomic E-state index is 12.0. The molecule has 0 N–H and O–H groups in total. The summed E-state index contributed by atoms with van der Waals surface area (Å²) in [6, 6.07) is 0. The van der Waals surface area contributed by atoms with Gasteiger partial charge in [-0.15, -0.1) is 0 Å². The van der Waals surface area contributed by atoms with Crippen LogP contribution in [0.2, 0.25) is 18.1 Å². The Hall–Kier alpha value is -0.963. The van der Waals surface area contributed by atoms with E-state index >= 15 is 0 Å². The Morgan fingerprint density at radius 3 is 2.21 bits per heavy atom. The van der Waals surface area contributed by atoms with E-state index in [9.17, 15) is 9.59 Å². The van der Waals surface area contributed by atoms with Gasteiger partial charge in [0.2, 0.25) is 0 Å². The maximum atomic E-state index is 12.0. The van der Waals surface area contributed by atoms with Crippen molar-refractivity contribution in [3.05, 3.63) is 0 Å². The first-order valence-corrected chi connectivity index (χ1v) is 18.5. The Morgan fingerprint density at radius 1 is 0.949 bits per heavy atom. The molecule has 0 aromatic rings. The van der Waals surface area contributed by atoms with E-state index in [1.807, 2.05) is 13.8 Å². The lowest BCUT2D eigenvalue weighted by molar-refractivity contribution is -0.198. The average molecular weight is 571 g/mol. The molecule has 228 valence electrons. The summed E-state index contributed by atoms with van der Waals surface area (Å²) in [5.41, 5.74) is 0. The van der Waals surface area contributed by atoms with E-state index in [0.29, 0.717) is 19.4 Å². The molecule has 2 rings (SSSR count). The summed E-state index contributed by atoms with van der Waals surface area (Å²) in [6.45, 7) is 18.1. The topological polar surface area (TPSA) is 80.3 Å². The lowest BCUT2D eigenvalue weighted by atomic mass is 9.89. The van der Waals surface area contributed by atoms with Gasteiger partial charge in [0.1, 0.15) is 6.10 Å². The van der Waals surface area contributed by atoms with E-state index < -0.39 is 8.32 Å². The van der Waals surface area contributed by atoms with E-state index in [-0.39, 0.29) is 53.4 Å². The van der Waals surface area contributed by atoms with Crippen molar-refractivity contribution in [3.63, 3.8) is 0 Å². The first kappa shape index (κ1) is 34.2. The van der Waals surface area contributed by atoms with Crippen molar-refractivity contribution in [2.75, 3.05) is 13.2 Å². The van der Waals surface area contributed by atoms with Gasteiger partial charge >= 0.3 is 11.9 Å².